The molecule has 0 fully saturated rings. The van der Waals surface area contributed by atoms with E-state index in [9.17, 15) is 14.4 Å². The third-order valence-corrected chi connectivity index (χ3v) is 4.51. The molecule has 26 heavy (non-hydrogen) atoms. The average Bonchev–Trinajstić information content (AvgIpc) is 2.59. The van der Waals surface area contributed by atoms with Gasteiger partial charge in [0.25, 0.3) is 0 Å². The number of rotatable bonds is 6. The second-order valence-corrected chi connectivity index (χ2v) is 6.67. The topological polar surface area (TPSA) is 106 Å². The van der Waals surface area contributed by atoms with Crippen molar-refractivity contribution in [3.05, 3.63) is 51.6 Å². The molecule has 0 atom stereocenters. The summed E-state index contributed by atoms with van der Waals surface area (Å²) < 4.78 is 4.66. The van der Waals surface area contributed by atoms with Crippen molar-refractivity contribution in [1.82, 2.24) is 4.98 Å². The molecule has 0 radical (unpaired) electrons. The van der Waals surface area contributed by atoms with Gasteiger partial charge in [-0.05, 0) is 24.3 Å². The van der Waals surface area contributed by atoms with Crippen LogP contribution in [0.4, 0.5) is 5.69 Å². The lowest BCUT2D eigenvalue weighted by Gasteiger charge is -2.12. The smallest absolute Gasteiger partial charge is 0.341 e. The first kappa shape index (κ1) is 20.0. The molecule has 0 unspecified atom stereocenters. The number of hydrogen-bond acceptors (Lipinski definition) is 6. The summed E-state index contributed by atoms with van der Waals surface area (Å²) in [6, 6.07) is 5.65. The van der Waals surface area contributed by atoms with Crippen molar-refractivity contribution in [2.75, 3.05) is 18.2 Å². The number of ether oxygens (including phenoxy) is 1. The van der Waals surface area contributed by atoms with Gasteiger partial charge in [-0.15, -0.1) is 0 Å². The lowest BCUT2D eigenvalue weighted by atomic mass is 10.1. The Balaban J connectivity index is 2.08. The number of carbonyl (C=O) groups excluding carboxylic acids is 2. The Morgan fingerprint density at radius 2 is 2.00 bits per heavy atom. The van der Waals surface area contributed by atoms with E-state index in [1.165, 1.54) is 37.6 Å². The van der Waals surface area contributed by atoms with Crippen LogP contribution in [-0.4, -0.2) is 40.8 Å². The molecule has 0 aliphatic carbocycles. The number of nitrogens with one attached hydrogen (secondary N) is 1. The van der Waals surface area contributed by atoms with Crippen molar-refractivity contribution in [1.29, 1.82) is 0 Å². The highest BCUT2D eigenvalue weighted by atomic mass is 35.5. The van der Waals surface area contributed by atoms with E-state index in [-0.39, 0.29) is 32.6 Å². The van der Waals surface area contributed by atoms with E-state index in [0.717, 1.165) is 11.8 Å². The van der Waals surface area contributed by atoms with E-state index in [1.807, 2.05) is 0 Å². The van der Waals surface area contributed by atoms with Gasteiger partial charge in [-0.25, -0.2) is 14.6 Å². The van der Waals surface area contributed by atoms with Crippen LogP contribution >= 0.6 is 35.0 Å². The second-order valence-electron chi connectivity index (χ2n) is 4.83. The quantitative estimate of drug-likeness (QED) is 0.549. The fraction of sp³-hybridized carbons (Fsp3) is 0.125. The number of thioether (sulfide) groups is 1. The van der Waals surface area contributed by atoms with Gasteiger partial charge in [-0.1, -0.05) is 35.0 Å². The van der Waals surface area contributed by atoms with Gasteiger partial charge in [-0.2, -0.15) is 0 Å². The van der Waals surface area contributed by atoms with Crippen molar-refractivity contribution >= 4 is 58.5 Å². The monoisotopic (exact) mass is 414 g/mol. The summed E-state index contributed by atoms with van der Waals surface area (Å²) >= 11 is 13.0. The summed E-state index contributed by atoms with van der Waals surface area (Å²) in [5.41, 5.74) is 0.185. The van der Waals surface area contributed by atoms with Crippen LogP contribution in [0.5, 0.6) is 0 Å². The maximum absolute atomic E-state index is 12.2. The molecule has 0 spiro atoms. The van der Waals surface area contributed by atoms with Gasteiger partial charge in [0, 0.05) is 11.2 Å². The largest absolute Gasteiger partial charge is 0.478 e. The number of carboxylic acids is 1. The molecule has 1 amide bonds. The number of nitrogens with zero attached hydrogens (tertiary/aromatic N) is 1. The summed E-state index contributed by atoms with van der Waals surface area (Å²) in [6.07, 6.45) is 1.20. The molecule has 2 N–H and O–H groups in total. The normalized spacial score (nSPS) is 10.3. The van der Waals surface area contributed by atoms with Crippen LogP contribution in [0.3, 0.4) is 0 Å². The highest BCUT2D eigenvalue weighted by Gasteiger charge is 2.19. The van der Waals surface area contributed by atoms with Crippen LogP contribution in [0.2, 0.25) is 10.0 Å². The molecule has 136 valence electrons. The number of aromatic nitrogens is 1. The first-order valence-corrected chi connectivity index (χ1v) is 8.75. The summed E-state index contributed by atoms with van der Waals surface area (Å²) in [5, 5.41) is 12.2. The maximum Gasteiger partial charge on any atom is 0.341 e. The van der Waals surface area contributed by atoms with Crippen molar-refractivity contribution in [3.8, 4) is 0 Å². The molecule has 2 rings (SSSR count). The number of methoxy groups -OCH3 is 1. The first-order chi connectivity index (χ1) is 12.3. The molecule has 1 aromatic carbocycles. The molecule has 1 aromatic heterocycles. The standard InChI is InChI=1S/C16H12Cl2N2O5S/c1-25-16(24)14-10(18)4-9(17)5-11(14)20-12(21)7-26-13-3-2-8(6-19-13)15(22)23/h2-6H,7H2,1H3,(H,20,21)(H,22,23). The minimum Gasteiger partial charge on any atom is -0.478 e. The number of halogens is 2. The Labute approximate surface area is 162 Å². The Morgan fingerprint density at radius 1 is 1.27 bits per heavy atom. The SMILES string of the molecule is COC(=O)c1c(Cl)cc(Cl)cc1NC(=O)CSc1ccc(C(=O)O)cn1. The molecular formula is C16H12Cl2N2O5S. The number of anilines is 1. The third-order valence-electron chi connectivity index (χ3n) is 3.05. The molecule has 0 saturated heterocycles. The Morgan fingerprint density at radius 3 is 2.58 bits per heavy atom. The lowest BCUT2D eigenvalue weighted by molar-refractivity contribution is -0.113. The minimum absolute atomic E-state index is 0.000790. The van der Waals surface area contributed by atoms with E-state index < -0.39 is 17.8 Å². The minimum atomic E-state index is -1.08. The van der Waals surface area contributed by atoms with Crippen LogP contribution in [-0.2, 0) is 9.53 Å². The summed E-state index contributed by atoms with van der Waals surface area (Å²) in [5.74, 6) is -2.24. The number of benzene rings is 1. The van der Waals surface area contributed by atoms with Crippen LogP contribution in [0.25, 0.3) is 0 Å². The van der Waals surface area contributed by atoms with Crippen molar-refractivity contribution < 1.29 is 24.2 Å². The number of carboxylic acid groups (broad SMARTS) is 1. The van der Waals surface area contributed by atoms with E-state index in [2.05, 4.69) is 15.0 Å². The molecule has 7 nitrogen and oxygen atoms in total. The zero-order valence-corrected chi connectivity index (χ0v) is 15.6. The molecular weight excluding hydrogens is 403 g/mol. The van der Waals surface area contributed by atoms with Crippen LogP contribution in [0, 0.1) is 0 Å². The summed E-state index contributed by atoms with van der Waals surface area (Å²) in [4.78, 5) is 38.7. The Kier molecular flexibility index (Phi) is 6.84. The van der Waals surface area contributed by atoms with Crippen molar-refractivity contribution in [2.24, 2.45) is 0 Å². The Hall–Kier alpha value is -2.29. The number of aromatic carboxylic acids is 1. The van der Waals surface area contributed by atoms with Gasteiger partial charge in [0.2, 0.25) is 5.91 Å². The molecule has 2 aromatic rings. The second kappa shape index (κ2) is 8.88. The summed E-state index contributed by atoms with van der Waals surface area (Å²) in [6.45, 7) is 0. The zero-order valence-electron chi connectivity index (χ0n) is 13.3. The third kappa shape index (κ3) is 5.10. The van der Waals surface area contributed by atoms with Gasteiger partial charge in [0.15, 0.2) is 0 Å². The van der Waals surface area contributed by atoms with Gasteiger partial charge >= 0.3 is 11.9 Å². The van der Waals surface area contributed by atoms with E-state index >= 15 is 0 Å². The van der Waals surface area contributed by atoms with Crippen LogP contribution in [0.15, 0.2) is 35.5 Å². The summed E-state index contributed by atoms with van der Waals surface area (Å²) in [7, 11) is 1.20. The number of amides is 1. The number of carbonyl (C=O) groups is 3. The first-order valence-electron chi connectivity index (χ1n) is 7.01. The number of esters is 1. The van der Waals surface area contributed by atoms with E-state index in [0.29, 0.717) is 5.03 Å². The van der Waals surface area contributed by atoms with Gasteiger partial charge in [0.05, 0.1) is 34.2 Å². The van der Waals surface area contributed by atoms with Crippen LogP contribution in [0.1, 0.15) is 20.7 Å². The zero-order chi connectivity index (χ0) is 19.3. The van der Waals surface area contributed by atoms with E-state index in [1.54, 1.807) is 0 Å². The molecule has 0 aliphatic rings. The van der Waals surface area contributed by atoms with Gasteiger partial charge in [0.1, 0.15) is 5.56 Å². The van der Waals surface area contributed by atoms with Gasteiger partial charge in [-0.3, -0.25) is 4.79 Å². The predicted molar refractivity (Wildman–Crippen MR) is 98.4 cm³/mol. The molecule has 10 heteroatoms. The van der Waals surface area contributed by atoms with Gasteiger partial charge < -0.3 is 15.2 Å². The van der Waals surface area contributed by atoms with Crippen molar-refractivity contribution in [2.45, 2.75) is 5.03 Å². The average molecular weight is 415 g/mol. The highest BCUT2D eigenvalue weighted by Crippen LogP contribution is 2.30. The molecule has 0 aliphatic heterocycles. The molecule has 0 saturated carbocycles. The predicted octanol–water partition coefficient (Wildman–Crippen LogP) is 3.60. The number of pyridine rings is 1. The molecule has 0 bridgehead atoms. The van der Waals surface area contributed by atoms with Crippen molar-refractivity contribution in [3.63, 3.8) is 0 Å². The highest BCUT2D eigenvalue weighted by molar-refractivity contribution is 7.99. The fourth-order valence-electron chi connectivity index (χ4n) is 1.90. The van der Waals surface area contributed by atoms with Crippen LogP contribution < -0.4 is 5.32 Å². The van der Waals surface area contributed by atoms with E-state index in [4.69, 9.17) is 28.3 Å². The number of hydrogen-bond donors (Lipinski definition) is 2. The lowest BCUT2D eigenvalue weighted by Crippen LogP contribution is -2.17. The Bertz CT molecular complexity index is 858. The maximum atomic E-state index is 12.2. The molecule has 1 heterocycles. The fourth-order valence-corrected chi connectivity index (χ4v) is 3.11.